The van der Waals surface area contributed by atoms with Crippen LogP contribution in [0.15, 0.2) is 97.6 Å². The van der Waals surface area contributed by atoms with Gasteiger partial charge in [0.05, 0.1) is 22.8 Å². The predicted octanol–water partition coefficient (Wildman–Crippen LogP) is -1.64. The second-order valence-corrected chi connectivity index (χ2v) is 6.09. The van der Waals surface area contributed by atoms with Gasteiger partial charge in [-0.25, -0.2) is 23.9 Å². The first-order chi connectivity index (χ1) is 15.3. The summed E-state index contributed by atoms with van der Waals surface area (Å²) >= 11 is 0. The van der Waals surface area contributed by atoms with E-state index in [2.05, 4.69) is 19.9 Å². The van der Waals surface area contributed by atoms with E-state index < -0.39 is 10.2 Å². The van der Waals surface area contributed by atoms with Gasteiger partial charge in [0.2, 0.25) is 0 Å². The van der Waals surface area contributed by atoms with Gasteiger partial charge in [-0.3, -0.25) is 19.9 Å². The van der Waals surface area contributed by atoms with Crippen molar-refractivity contribution in [2.45, 2.75) is 0 Å². The second kappa shape index (κ2) is 17.1. The molecule has 0 saturated carbocycles. The average Bonchev–Trinajstić information content (AvgIpc) is 2.81. The zero-order chi connectivity index (χ0) is 23.7. The number of pyridine rings is 4. The van der Waals surface area contributed by atoms with Crippen LogP contribution in [-0.4, -0.2) is 19.9 Å². The van der Waals surface area contributed by atoms with E-state index in [1.54, 1.807) is 24.8 Å². The van der Waals surface area contributed by atoms with Crippen molar-refractivity contribution in [3.05, 3.63) is 97.6 Å². The summed E-state index contributed by atoms with van der Waals surface area (Å²) in [6.45, 7) is 0. The van der Waals surface area contributed by atoms with Gasteiger partial charge in [-0.2, -0.15) is 0 Å². The fraction of sp³-hybridized carbons (Fsp3) is 0. The van der Waals surface area contributed by atoms with Crippen molar-refractivity contribution in [1.29, 1.82) is 5.26 Å². The van der Waals surface area contributed by atoms with E-state index >= 15 is 0 Å². The van der Waals surface area contributed by atoms with Gasteiger partial charge in [0.15, 0.2) is 0 Å². The minimum absolute atomic E-state index is 0. The van der Waals surface area contributed by atoms with Crippen LogP contribution < -0.4 is 23.7 Å². The Morgan fingerprint density at radius 3 is 0.848 bits per heavy atom. The first-order valence-corrected chi connectivity index (χ1v) is 9.86. The van der Waals surface area contributed by atoms with Crippen molar-refractivity contribution in [2.24, 2.45) is 0 Å². The minimum atomic E-state index is -4.94. The first kappa shape index (κ1) is 29.5. The number of rotatable bonds is 2. The quantitative estimate of drug-likeness (QED) is 0.220. The van der Waals surface area contributed by atoms with Crippen molar-refractivity contribution in [1.82, 2.24) is 19.9 Å². The van der Waals surface area contributed by atoms with Crippen LogP contribution in [0.1, 0.15) is 0 Å². The number of aromatic nitrogens is 4. The van der Waals surface area contributed by atoms with Gasteiger partial charge in [-0.1, -0.05) is 24.3 Å². The first-order valence-electron chi connectivity index (χ1n) is 8.63. The molecule has 33 heavy (non-hydrogen) atoms. The smallest absolute Gasteiger partial charge is 0.812 e. The average molecular weight is 517 g/mol. The molecule has 0 aliphatic rings. The molecule has 173 valence electrons. The third-order valence-electron chi connectivity index (χ3n) is 3.18. The molecule has 1 radical (unpaired) electrons. The molecular formula is C21H16ClCuN5O5. The van der Waals surface area contributed by atoms with Crippen LogP contribution in [0.5, 0.6) is 0 Å². The van der Waals surface area contributed by atoms with E-state index in [1.165, 1.54) is 0 Å². The molecule has 0 aliphatic heterocycles. The maximum absolute atomic E-state index is 8.49. The Morgan fingerprint density at radius 2 is 0.727 bits per heavy atom. The van der Waals surface area contributed by atoms with Crippen LogP contribution in [-0.2, 0) is 17.1 Å². The van der Waals surface area contributed by atoms with Gasteiger partial charge in [-0.15, -0.1) is 10.2 Å². The largest absolute Gasteiger partial charge is 2.00 e. The molecule has 4 aromatic heterocycles. The molecule has 0 saturated heterocycles. The molecule has 0 fully saturated rings. The van der Waals surface area contributed by atoms with Crippen LogP contribution in [0.25, 0.3) is 22.8 Å². The standard InChI is InChI=1S/2C10H8N2.CHNO.ClHO4.Cu/c2*1-3-7-11-9(5-1)10-6-2-4-8-12-10;2-1-3;2-1(3,4)5;/h2*1-8H;3H;(H,2,3,4,5);/q;;;;+2/p-2. The third-order valence-corrected chi connectivity index (χ3v) is 3.18. The van der Waals surface area contributed by atoms with Crippen LogP contribution in [0.4, 0.5) is 0 Å². The zero-order valence-electron chi connectivity index (χ0n) is 16.7. The third kappa shape index (κ3) is 15.1. The zero-order valence-corrected chi connectivity index (χ0v) is 18.4. The van der Waals surface area contributed by atoms with Crippen LogP contribution in [0.2, 0.25) is 0 Å². The van der Waals surface area contributed by atoms with E-state index in [4.69, 9.17) is 29.0 Å². The monoisotopic (exact) mass is 516 g/mol. The molecule has 0 atom stereocenters. The fourth-order valence-electron chi connectivity index (χ4n) is 2.06. The van der Waals surface area contributed by atoms with Gasteiger partial charge in [-0.05, 0) is 48.5 Å². The van der Waals surface area contributed by atoms with E-state index in [-0.39, 0.29) is 17.1 Å². The fourth-order valence-corrected chi connectivity index (χ4v) is 2.06. The molecule has 0 bridgehead atoms. The van der Waals surface area contributed by atoms with E-state index in [9.17, 15) is 0 Å². The molecule has 4 rings (SSSR count). The molecule has 12 heteroatoms. The molecule has 0 N–H and O–H groups in total. The summed E-state index contributed by atoms with van der Waals surface area (Å²) in [7, 11) is -4.94. The van der Waals surface area contributed by atoms with Crippen LogP contribution in [0, 0.1) is 21.8 Å². The van der Waals surface area contributed by atoms with Gasteiger partial charge < -0.3 is 5.11 Å². The Kier molecular flexibility index (Phi) is 15.3. The maximum Gasteiger partial charge on any atom is 2.00 e. The van der Waals surface area contributed by atoms with Gasteiger partial charge in [0.1, 0.15) is 0 Å². The van der Waals surface area contributed by atoms with Gasteiger partial charge in [0, 0.05) is 31.0 Å². The minimum Gasteiger partial charge on any atom is -0.812 e. The van der Waals surface area contributed by atoms with Crippen LogP contribution >= 0.6 is 0 Å². The Balaban J connectivity index is 0.000000463. The van der Waals surface area contributed by atoms with Crippen molar-refractivity contribution in [2.75, 3.05) is 0 Å². The van der Waals surface area contributed by atoms with Gasteiger partial charge in [0.25, 0.3) is 0 Å². The molecular weight excluding hydrogens is 501 g/mol. The molecule has 0 aromatic carbocycles. The van der Waals surface area contributed by atoms with E-state index in [0.29, 0.717) is 6.26 Å². The van der Waals surface area contributed by atoms with Gasteiger partial charge >= 0.3 is 17.1 Å². The number of nitrogens with zero attached hydrogens (tertiary/aromatic N) is 5. The van der Waals surface area contributed by atoms with E-state index in [0.717, 1.165) is 22.8 Å². The molecule has 10 nitrogen and oxygen atoms in total. The summed E-state index contributed by atoms with van der Waals surface area (Å²) in [4.78, 5) is 16.7. The number of halogens is 1. The summed E-state index contributed by atoms with van der Waals surface area (Å²) < 4.78 is 34.0. The Bertz CT molecular complexity index is 883. The summed E-state index contributed by atoms with van der Waals surface area (Å²) in [5.41, 5.74) is 3.66. The molecule has 0 aliphatic carbocycles. The van der Waals surface area contributed by atoms with Crippen molar-refractivity contribution in [3.8, 4) is 29.0 Å². The summed E-state index contributed by atoms with van der Waals surface area (Å²) in [6.07, 6.45) is 7.57. The molecule has 0 amide bonds. The normalized spacial score (nSPS) is 9.06. The Morgan fingerprint density at radius 1 is 0.545 bits per heavy atom. The molecule has 0 spiro atoms. The summed E-state index contributed by atoms with van der Waals surface area (Å²) in [5.74, 6) is 0. The molecule has 4 heterocycles. The number of hydrogen-bond acceptors (Lipinski definition) is 10. The molecule has 4 aromatic rings. The maximum atomic E-state index is 8.49. The van der Waals surface area contributed by atoms with Crippen molar-refractivity contribution in [3.63, 3.8) is 0 Å². The second-order valence-electron chi connectivity index (χ2n) is 5.33. The van der Waals surface area contributed by atoms with Crippen molar-refractivity contribution >= 4 is 0 Å². The summed E-state index contributed by atoms with van der Waals surface area (Å²) in [5, 5.41) is 15.0. The van der Waals surface area contributed by atoms with E-state index in [1.807, 2.05) is 72.8 Å². The summed E-state index contributed by atoms with van der Waals surface area (Å²) in [6, 6.07) is 23.2. The number of hydrogen-bond donors (Lipinski definition) is 0. The Labute approximate surface area is 202 Å². The van der Waals surface area contributed by atoms with Crippen LogP contribution in [0.3, 0.4) is 0 Å². The SMILES string of the molecule is N#C[O-].[Cu+2].[O-][Cl+3]([O-])([O-])[O-].c1ccc(-c2ccccn2)nc1.c1ccc(-c2ccccn2)nc1. The topological polar surface area (TPSA) is 191 Å². The predicted molar refractivity (Wildman–Crippen MR) is 101 cm³/mol. The van der Waals surface area contributed by atoms with Crippen molar-refractivity contribution < 1.29 is 51.1 Å². The number of nitriles is 1. The Hall–Kier alpha value is -3.46. The molecule has 0 unspecified atom stereocenters.